The molecule has 3 aliphatic rings. The summed E-state index contributed by atoms with van der Waals surface area (Å²) < 4.78 is 31.1. The molecule has 4 aromatic carbocycles. The molecule has 0 aliphatic carbocycles. The van der Waals surface area contributed by atoms with Crippen LogP contribution in [-0.2, 0) is 25.7 Å². The summed E-state index contributed by atoms with van der Waals surface area (Å²) in [6.45, 7) is 1.81. The zero-order chi connectivity index (χ0) is 31.2. The van der Waals surface area contributed by atoms with Gasteiger partial charge in [-0.3, -0.25) is 9.80 Å². The largest absolute Gasteiger partial charge is 0.504 e. The second-order valence-electron chi connectivity index (χ2n) is 12.3. The third kappa shape index (κ3) is 5.32. The van der Waals surface area contributed by atoms with Crippen LogP contribution in [0, 0.1) is 0 Å². The number of rotatable bonds is 3. The maximum atomic E-state index is 10.8. The summed E-state index contributed by atoms with van der Waals surface area (Å²) in [6, 6.07) is 20.2. The molecule has 0 radical (unpaired) electrons. The fraction of sp³-hybridized carbons (Fsp3) is 0.351. The molecule has 8 heteroatoms. The van der Waals surface area contributed by atoms with E-state index in [0.717, 1.165) is 54.6 Å². The van der Waals surface area contributed by atoms with Gasteiger partial charge in [-0.15, -0.1) is 0 Å². The molecule has 8 nitrogen and oxygen atoms in total. The highest BCUT2D eigenvalue weighted by molar-refractivity contribution is 5.64. The van der Waals surface area contributed by atoms with Crippen molar-refractivity contribution in [2.45, 2.75) is 37.8 Å². The second-order valence-corrected chi connectivity index (χ2v) is 12.3. The van der Waals surface area contributed by atoms with Crippen LogP contribution in [-0.4, -0.2) is 63.4 Å². The van der Waals surface area contributed by atoms with E-state index in [1.165, 1.54) is 11.1 Å². The number of fused-ring (bicyclic) bond motifs is 5. The lowest BCUT2D eigenvalue weighted by atomic mass is 9.87. The zero-order valence-electron chi connectivity index (χ0n) is 26.6. The number of aromatic hydroxyl groups is 1. The normalized spacial score (nSPS) is 19.4. The van der Waals surface area contributed by atoms with E-state index < -0.39 is 0 Å². The molecule has 2 unspecified atom stereocenters. The highest BCUT2D eigenvalue weighted by Gasteiger charge is 2.34. The van der Waals surface area contributed by atoms with Crippen LogP contribution in [0.15, 0.2) is 60.7 Å². The fourth-order valence-electron chi connectivity index (χ4n) is 7.16. The van der Waals surface area contributed by atoms with Crippen LogP contribution in [0.5, 0.6) is 46.0 Å². The molecule has 234 valence electrons. The van der Waals surface area contributed by atoms with E-state index in [1.54, 1.807) is 27.4 Å². The second kappa shape index (κ2) is 11.8. The Balaban J connectivity index is 1.48. The summed E-state index contributed by atoms with van der Waals surface area (Å²) >= 11 is 0. The molecule has 0 saturated carbocycles. The number of phenols is 1. The van der Waals surface area contributed by atoms with Gasteiger partial charge in [0.1, 0.15) is 5.75 Å². The van der Waals surface area contributed by atoms with E-state index in [9.17, 15) is 5.11 Å². The van der Waals surface area contributed by atoms with Crippen LogP contribution in [0.2, 0.25) is 0 Å². The Hall–Kier alpha value is -4.40. The lowest BCUT2D eigenvalue weighted by Gasteiger charge is -2.37. The third-order valence-corrected chi connectivity index (χ3v) is 9.62. The van der Waals surface area contributed by atoms with E-state index in [-0.39, 0.29) is 17.8 Å². The van der Waals surface area contributed by atoms with Crippen LogP contribution >= 0.6 is 0 Å². The first kappa shape index (κ1) is 29.3. The summed E-state index contributed by atoms with van der Waals surface area (Å²) in [6.07, 6.45) is 3.21. The predicted octanol–water partition coefficient (Wildman–Crippen LogP) is 6.86. The number of hydrogen-bond acceptors (Lipinski definition) is 8. The molecular weight excluding hydrogens is 568 g/mol. The lowest BCUT2D eigenvalue weighted by Crippen LogP contribution is -2.34. The SMILES string of the molecule is COc1cc2c3cc1Oc1c(OC)c(OC)cc4c1C(Cc1ccc(O)c(c1)Oc1cccc(c1)CC3N(C)CC2)N(C)CC4. The number of ether oxygens (including phenoxy) is 5. The van der Waals surface area contributed by atoms with Gasteiger partial charge >= 0.3 is 0 Å². The van der Waals surface area contributed by atoms with Gasteiger partial charge < -0.3 is 28.8 Å². The molecule has 2 atom stereocenters. The third-order valence-electron chi connectivity index (χ3n) is 9.62. The highest BCUT2D eigenvalue weighted by Crippen LogP contribution is 2.52. The van der Waals surface area contributed by atoms with Crippen LogP contribution in [0.3, 0.4) is 0 Å². The Labute approximate surface area is 264 Å². The Morgan fingerprint density at radius 3 is 2.20 bits per heavy atom. The summed E-state index contributed by atoms with van der Waals surface area (Å²) in [5, 5.41) is 10.8. The first-order valence-corrected chi connectivity index (χ1v) is 15.5. The molecule has 1 N–H and O–H groups in total. The van der Waals surface area contributed by atoms with E-state index in [0.29, 0.717) is 46.7 Å². The van der Waals surface area contributed by atoms with Gasteiger partial charge in [0.25, 0.3) is 0 Å². The summed E-state index contributed by atoms with van der Waals surface area (Å²) in [5.74, 6) is 4.39. The number of benzene rings is 4. The Morgan fingerprint density at radius 2 is 1.42 bits per heavy atom. The fourth-order valence-corrected chi connectivity index (χ4v) is 7.16. The van der Waals surface area contributed by atoms with Gasteiger partial charge in [0.15, 0.2) is 34.5 Å². The molecule has 3 aliphatic heterocycles. The molecule has 0 spiro atoms. The minimum atomic E-state index is -0.0394. The number of hydrogen-bond donors (Lipinski definition) is 1. The first-order chi connectivity index (χ1) is 21.9. The number of likely N-dealkylation sites (N-methyl/N-ethyl adjacent to an activating group) is 2. The molecule has 4 aromatic rings. The van der Waals surface area contributed by atoms with Crippen molar-refractivity contribution >= 4 is 0 Å². The quantitative estimate of drug-likeness (QED) is 0.271. The van der Waals surface area contributed by atoms with Gasteiger partial charge in [-0.2, -0.15) is 0 Å². The van der Waals surface area contributed by atoms with Crippen molar-refractivity contribution in [1.82, 2.24) is 9.80 Å². The van der Waals surface area contributed by atoms with Crippen LogP contribution < -0.4 is 23.7 Å². The van der Waals surface area contributed by atoms with Gasteiger partial charge in [0.05, 0.1) is 21.3 Å². The van der Waals surface area contributed by atoms with Crippen LogP contribution in [0.25, 0.3) is 0 Å². The van der Waals surface area contributed by atoms with Gasteiger partial charge in [-0.05, 0) is 110 Å². The first-order valence-electron chi connectivity index (χ1n) is 15.5. The Bertz CT molecular complexity index is 1750. The molecule has 0 saturated heterocycles. The van der Waals surface area contributed by atoms with Crippen molar-refractivity contribution in [3.63, 3.8) is 0 Å². The number of phenolic OH excluding ortho intramolecular Hbond substituents is 1. The van der Waals surface area contributed by atoms with Gasteiger partial charge in [0, 0.05) is 30.7 Å². The van der Waals surface area contributed by atoms with Crippen molar-refractivity contribution in [2.75, 3.05) is 48.5 Å². The van der Waals surface area contributed by atoms with Gasteiger partial charge in [-0.25, -0.2) is 0 Å². The maximum absolute atomic E-state index is 10.8. The monoisotopic (exact) mass is 608 g/mol. The van der Waals surface area contributed by atoms with E-state index in [1.807, 2.05) is 24.3 Å². The van der Waals surface area contributed by atoms with E-state index >= 15 is 0 Å². The molecule has 3 heterocycles. The van der Waals surface area contributed by atoms with Gasteiger partial charge in [0.2, 0.25) is 5.75 Å². The Kier molecular flexibility index (Phi) is 7.71. The predicted molar refractivity (Wildman–Crippen MR) is 173 cm³/mol. The van der Waals surface area contributed by atoms with Gasteiger partial charge in [-0.1, -0.05) is 18.2 Å². The lowest BCUT2D eigenvalue weighted by molar-refractivity contribution is 0.220. The smallest absolute Gasteiger partial charge is 0.204 e. The van der Waals surface area contributed by atoms with E-state index in [4.69, 9.17) is 23.7 Å². The van der Waals surface area contributed by atoms with E-state index in [2.05, 4.69) is 54.2 Å². The van der Waals surface area contributed by atoms with Crippen LogP contribution in [0.4, 0.5) is 0 Å². The summed E-state index contributed by atoms with van der Waals surface area (Å²) in [4.78, 5) is 4.75. The standard InChI is InChI=1S/C37H40N2O6/c1-38-13-11-24-19-32(41-3)33-21-27(24)28(38)16-22-7-6-8-26(15-22)44-31-18-23(9-10-30(31)40)17-29-35-25(12-14-39(29)2)20-34(42-4)36(43-5)37(35)45-33/h6-10,15,18-21,28-29,40H,11-14,16-17H2,1-5H3. The molecule has 6 bridgehead atoms. The minimum Gasteiger partial charge on any atom is -0.504 e. The Morgan fingerprint density at radius 1 is 0.711 bits per heavy atom. The molecule has 0 amide bonds. The average Bonchev–Trinajstić information content (AvgIpc) is 3.04. The summed E-state index contributed by atoms with van der Waals surface area (Å²) in [5.41, 5.74) is 6.86. The van der Waals surface area contributed by atoms with Crippen molar-refractivity contribution in [2.24, 2.45) is 0 Å². The molecule has 7 rings (SSSR count). The van der Waals surface area contributed by atoms with Crippen molar-refractivity contribution in [3.05, 3.63) is 94.0 Å². The highest BCUT2D eigenvalue weighted by atomic mass is 16.5. The van der Waals surface area contributed by atoms with Crippen molar-refractivity contribution in [1.29, 1.82) is 0 Å². The minimum absolute atomic E-state index is 0.0394. The average molecular weight is 609 g/mol. The zero-order valence-corrected chi connectivity index (χ0v) is 26.6. The van der Waals surface area contributed by atoms with Crippen molar-refractivity contribution < 1.29 is 28.8 Å². The molecule has 0 fully saturated rings. The summed E-state index contributed by atoms with van der Waals surface area (Å²) in [7, 11) is 9.32. The molecule has 45 heavy (non-hydrogen) atoms. The number of nitrogens with zero attached hydrogens (tertiary/aromatic N) is 2. The maximum Gasteiger partial charge on any atom is 0.204 e. The number of methoxy groups -OCH3 is 3. The molecule has 0 aromatic heterocycles. The van der Waals surface area contributed by atoms with Crippen LogP contribution in [0.1, 0.15) is 45.5 Å². The van der Waals surface area contributed by atoms with Crippen molar-refractivity contribution in [3.8, 4) is 46.0 Å². The topological polar surface area (TPSA) is 72.9 Å². The molecular formula is C37H40N2O6.